The van der Waals surface area contributed by atoms with Gasteiger partial charge >= 0.3 is 0 Å². The Bertz CT molecular complexity index is 674. The third kappa shape index (κ3) is 5.91. The SMILES string of the molecule is CC(=O)Nc1ccc(OCC(O)CSc2c(Cl)cccc2Cl)cc1. The average Bonchev–Trinajstić information content (AvgIpc) is 2.53. The standard InChI is InChI=1S/C17H17Cl2NO3S/c1-11(21)20-12-5-7-14(8-6-12)23-9-13(22)10-24-17-15(18)3-2-4-16(17)19/h2-8,13,22H,9-10H2,1H3,(H,20,21). The number of aliphatic hydroxyl groups excluding tert-OH is 1. The summed E-state index contributed by atoms with van der Waals surface area (Å²) in [5.41, 5.74) is 0.694. The van der Waals surface area contributed by atoms with Gasteiger partial charge in [0.25, 0.3) is 0 Å². The number of amides is 1. The molecular formula is C17H17Cl2NO3S. The Hall–Kier alpha value is -1.40. The summed E-state index contributed by atoms with van der Waals surface area (Å²) in [6.45, 7) is 1.60. The Morgan fingerprint density at radius 3 is 2.42 bits per heavy atom. The van der Waals surface area contributed by atoms with Crippen molar-refractivity contribution in [2.45, 2.75) is 17.9 Å². The molecule has 1 unspecified atom stereocenters. The number of aliphatic hydroxyl groups is 1. The van der Waals surface area contributed by atoms with Crippen molar-refractivity contribution in [3.8, 4) is 5.75 Å². The number of halogens is 2. The van der Waals surface area contributed by atoms with Gasteiger partial charge in [-0.2, -0.15) is 0 Å². The molecule has 2 aromatic carbocycles. The van der Waals surface area contributed by atoms with E-state index in [-0.39, 0.29) is 12.5 Å². The van der Waals surface area contributed by atoms with Crippen LogP contribution in [-0.4, -0.2) is 29.5 Å². The average molecular weight is 386 g/mol. The van der Waals surface area contributed by atoms with E-state index in [0.29, 0.717) is 27.2 Å². The van der Waals surface area contributed by atoms with Gasteiger partial charge in [-0.25, -0.2) is 0 Å². The highest BCUT2D eigenvalue weighted by Crippen LogP contribution is 2.34. The van der Waals surface area contributed by atoms with Crippen molar-refractivity contribution in [2.75, 3.05) is 17.7 Å². The molecule has 1 atom stereocenters. The molecule has 128 valence electrons. The summed E-state index contributed by atoms with van der Waals surface area (Å²) in [6, 6.07) is 12.2. The zero-order valence-electron chi connectivity index (χ0n) is 13.0. The molecule has 0 aliphatic rings. The highest BCUT2D eigenvalue weighted by atomic mass is 35.5. The summed E-state index contributed by atoms with van der Waals surface area (Å²) in [4.78, 5) is 11.7. The number of thioether (sulfide) groups is 1. The number of carbonyl (C=O) groups excluding carboxylic acids is 1. The fourth-order valence-corrected chi connectivity index (χ4v) is 3.47. The van der Waals surface area contributed by atoms with E-state index in [1.54, 1.807) is 42.5 Å². The number of hydrogen-bond acceptors (Lipinski definition) is 4. The molecule has 2 aromatic rings. The number of anilines is 1. The summed E-state index contributed by atoms with van der Waals surface area (Å²) in [5, 5.41) is 13.8. The minimum atomic E-state index is -0.669. The van der Waals surface area contributed by atoms with Crippen LogP contribution in [0.1, 0.15) is 6.92 Å². The number of nitrogens with one attached hydrogen (secondary N) is 1. The van der Waals surface area contributed by atoms with Crippen LogP contribution in [0.2, 0.25) is 10.0 Å². The molecule has 24 heavy (non-hydrogen) atoms. The first kappa shape index (κ1) is 18.9. The molecule has 0 aliphatic heterocycles. The van der Waals surface area contributed by atoms with Crippen molar-refractivity contribution in [2.24, 2.45) is 0 Å². The molecule has 2 rings (SSSR count). The molecule has 2 N–H and O–H groups in total. The summed E-state index contributed by atoms with van der Waals surface area (Å²) >= 11 is 13.6. The lowest BCUT2D eigenvalue weighted by molar-refractivity contribution is -0.114. The largest absolute Gasteiger partial charge is 0.491 e. The third-order valence-electron chi connectivity index (χ3n) is 2.96. The molecule has 7 heteroatoms. The summed E-state index contributed by atoms with van der Waals surface area (Å²) < 4.78 is 5.53. The lowest BCUT2D eigenvalue weighted by Crippen LogP contribution is -2.20. The van der Waals surface area contributed by atoms with E-state index in [1.807, 2.05) is 0 Å². The minimum absolute atomic E-state index is 0.130. The Balaban J connectivity index is 1.80. The van der Waals surface area contributed by atoms with E-state index in [1.165, 1.54) is 18.7 Å². The van der Waals surface area contributed by atoms with Crippen LogP contribution in [0.25, 0.3) is 0 Å². The maximum Gasteiger partial charge on any atom is 0.221 e. The topological polar surface area (TPSA) is 58.6 Å². The third-order valence-corrected chi connectivity index (χ3v) is 5.09. The van der Waals surface area contributed by atoms with Gasteiger partial charge in [-0.05, 0) is 36.4 Å². The Kier molecular flexibility index (Phi) is 7.24. The van der Waals surface area contributed by atoms with Crippen LogP contribution >= 0.6 is 35.0 Å². The lowest BCUT2D eigenvalue weighted by atomic mass is 10.3. The van der Waals surface area contributed by atoms with Gasteiger partial charge < -0.3 is 15.2 Å². The van der Waals surface area contributed by atoms with Gasteiger partial charge in [0.15, 0.2) is 0 Å². The molecule has 0 aliphatic carbocycles. The van der Waals surface area contributed by atoms with Gasteiger partial charge in [0.2, 0.25) is 5.91 Å². The summed E-state index contributed by atoms with van der Waals surface area (Å²) in [5.74, 6) is 0.895. The smallest absolute Gasteiger partial charge is 0.221 e. The number of rotatable bonds is 7. The van der Waals surface area contributed by atoms with Crippen LogP contribution in [0.3, 0.4) is 0 Å². The second-order valence-corrected chi connectivity index (χ2v) is 6.88. The zero-order chi connectivity index (χ0) is 17.5. The minimum Gasteiger partial charge on any atom is -0.491 e. The Morgan fingerprint density at radius 2 is 1.83 bits per heavy atom. The van der Waals surface area contributed by atoms with Gasteiger partial charge in [-0.3, -0.25) is 4.79 Å². The first-order chi connectivity index (χ1) is 11.5. The molecule has 0 saturated heterocycles. The van der Waals surface area contributed by atoms with Gasteiger partial charge in [-0.15, -0.1) is 11.8 Å². The van der Waals surface area contributed by atoms with Crippen LogP contribution in [0.15, 0.2) is 47.4 Å². The van der Waals surface area contributed by atoms with Crippen molar-refractivity contribution in [1.29, 1.82) is 0 Å². The maximum absolute atomic E-state index is 11.0. The van der Waals surface area contributed by atoms with Crippen LogP contribution in [0.4, 0.5) is 5.69 Å². The van der Waals surface area contributed by atoms with Crippen molar-refractivity contribution < 1.29 is 14.6 Å². The predicted molar refractivity (Wildman–Crippen MR) is 99.4 cm³/mol. The van der Waals surface area contributed by atoms with Crippen LogP contribution in [0, 0.1) is 0 Å². The van der Waals surface area contributed by atoms with E-state index < -0.39 is 6.10 Å². The van der Waals surface area contributed by atoms with Crippen LogP contribution in [-0.2, 0) is 4.79 Å². The molecule has 0 spiro atoms. The highest BCUT2D eigenvalue weighted by Gasteiger charge is 2.11. The van der Waals surface area contributed by atoms with Gasteiger partial charge in [-0.1, -0.05) is 29.3 Å². The summed E-state index contributed by atoms with van der Waals surface area (Å²) in [7, 11) is 0. The monoisotopic (exact) mass is 385 g/mol. The molecule has 0 radical (unpaired) electrons. The second kappa shape index (κ2) is 9.18. The van der Waals surface area contributed by atoms with E-state index >= 15 is 0 Å². The van der Waals surface area contributed by atoms with Gasteiger partial charge in [0.05, 0.1) is 16.1 Å². The van der Waals surface area contributed by atoms with E-state index in [4.69, 9.17) is 27.9 Å². The fourth-order valence-electron chi connectivity index (χ4n) is 1.88. The normalized spacial score (nSPS) is 11.8. The molecule has 0 bridgehead atoms. The van der Waals surface area contributed by atoms with Crippen molar-refractivity contribution >= 4 is 46.6 Å². The molecule has 0 aromatic heterocycles. The molecule has 0 fully saturated rings. The Morgan fingerprint density at radius 1 is 1.21 bits per heavy atom. The van der Waals surface area contributed by atoms with Crippen molar-refractivity contribution in [3.05, 3.63) is 52.5 Å². The number of benzene rings is 2. The number of carbonyl (C=O) groups is 1. The van der Waals surface area contributed by atoms with Gasteiger partial charge in [0.1, 0.15) is 12.4 Å². The quantitative estimate of drug-likeness (QED) is 0.689. The molecule has 1 amide bonds. The molecule has 0 saturated carbocycles. The van der Waals surface area contributed by atoms with Crippen LogP contribution in [0.5, 0.6) is 5.75 Å². The number of hydrogen-bond donors (Lipinski definition) is 2. The molecule has 0 heterocycles. The molecular weight excluding hydrogens is 369 g/mol. The summed E-state index contributed by atoms with van der Waals surface area (Å²) in [6.07, 6.45) is -0.669. The fraction of sp³-hybridized carbons (Fsp3) is 0.235. The highest BCUT2D eigenvalue weighted by molar-refractivity contribution is 7.99. The van der Waals surface area contributed by atoms with E-state index in [2.05, 4.69) is 5.32 Å². The second-order valence-electron chi connectivity index (χ2n) is 5.03. The van der Waals surface area contributed by atoms with E-state index in [0.717, 1.165) is 4.90 Å². The maximum atomic E-state index is 11.0. The molecule has 4 nitrogen and oxygen atoms in total. The Labute approximate surface area is 155 Å². The first-order valence-electron chi connectivity index (χ1n) is 7.21. The van der Waals surface area contributed by atoms with Crippen molar-refractivity contribution in [3.63, 3.8) is 0 Å². The first-order valence-corrected chi connectivity index (χ1v) is 8.95. The zero-order valence-corrected chi connectivity index (χ0v) is 15.3. The lowest BCUT2D eigenvalue weighted by Gasteiger charge is -2.13. The number of ether oxygens (including phenoxy) is 1. The van der Waals surface area contributed by atoms with Crippen molar-refractivity contribution in [1.82, 2.24) is 0 Å². The van der Waals surface area contributed by atoms with Crippen LogP contribution < -0.4 is 10.1 Å². The predicted octanol–water partition coefficient (Wildman–Crippen LogP) is 4.48. The van der Waals surface area contributed by atoms with E-state index in [9.17, 15) is 9.90 Å². The van der Waals surface area contributed by atoms with Gasteiger partial charge in [0, 0.05) is 23.3 Å².